The minimum Gasteiger partial charge on any atom is -0.192 e. The molecular formula is C10H5F11NO3S+. The van der Waals surface area contributed by atoms with Crippen LogP contribution in [0.25, 0.3) is 0 Å². The Balaban J connectivity index is 3.37. The summed E-state index contributed by atoms with van der Waals surface area (Å²) in [5.74, 6) is -23.0. The maximum Gasteiger partial charge on any atom is 0.519 e. The topological polar surface area (TPSA) is 47.3 Å². The van der Waals surface area contributed by atoms with Gasteiger partial charge in [0, 0.05) is 12.1 Å². The number of alkyl halides is 11. The summed E-state index contributed by atoms with van der Waals surface area (Å²) in [6.07, 6.45) is -13.5. The summed E-state index contributed by atoms with van der Waals surface area (Å²) in [4.78, 5) is 0. The van der Waals surface area contributed by atoms with Crippen molar-refractivity contribution in [2.24, 2.45) is 0 Å². The van der Waals surface area contributed by atoms with Crippen LogP contribution in [0, 0.1) is 0 Å². The maximum atomic E-state index is 13.3. The predicted octanol–water partition coefficient (Wildman–Crippen LogP) is 3.14. The monoisotopic (exact) mass is 428 g/mol. The van der Waals surface area contributed by atoms with Gasteiger partial charge < -0.3 is 0 Å². The van der Waals surface area contributed by atoms with Crippen LogP contribution in [0.5, 0.6) is 0 Å². The molecule has 1 aromatic rings. The highest BCUT2D eigenvalue weighted by Gasteiger charge is 2.88. The van der Waals surface area contributed by atoms with Crippen molar-refractivity contribution < 1.29 is 64.9 Å². The van der Waals surface area contributed by atoms with Gasteiger partial charge >= 0.3 is 40.4 Å². The number of pyridine rings is 1. The zero-order valence-corrected chi connectivity index (χ0v) is 12.4. The Kier molecular flexibility index (Phi) is 5.30. The summed E-state index contributed by atoms with van der Waals surface area (Å²) < 4.78 is 164. The third-order valence-corrected chi connectivity index (χ3v) is 3.85. The van der Waals surface area contributed by atoms with Gasteiger partial charge in [-0.25, -0.2) is 0 Å². The summed E-state index contributed by atoms with van der Waals surface area (Å²) in [6, 6.07) is 2.74. The molecule has 1 rings (SSSR count). The second kappa shape index (κ2) is 6.17. The molecule has 0 fully saturated rings. The van der Waals surface area contributed by atoms with E-state index in [1.807, 2.05) is 0 Å². The normalized spacial score (nSPS) is 15.2. The van der Waals surface area contributed by atoms with E-state index in [4.69, 9.17) is 0 Å². The Bertz CT molecular complexity index is 745. The summed E-state index contributed by atoms with van der Waals surface area (Å²) in [7, 11) is -6.02. The molecule has 0 bridgehead atoms. The molecule has 0 aromatic carbocycles. The third-order valence-electron chi connectivity index (χ3n) is 2.67. The fraction of sp³-hybridized carbons (Fsp3) is 0.500. The van der Waals surface area contributed by atoms with Crippen molar-refractivity contribution in [3.63, 3.8) is 0 Å². The largest absolute Gasteiger partial charge is 0.519 e. The summed E-state index contributed by atoms with van der Waals surface area (Å²) in [6.45, 7) is 0. The average molecular weight is 428 g/mol. The van der Waals surface area contributed by atoms with Crippen molar-refractivity contribution in [2.75, 3.05) is 0 Å². The molecule has 16 heteroatoms. The zero-order valence-electron chi connectivity index (χ0n) is 11.6. The van der Waals surface area contributed by atoms with E-state index in [-0.39, 0.29) is 3.97 Å². The number of hydrogen-bond donors (Lipinski definition) is 0. The van der Waals surface area contributed by atoms with Crippen LogP contribution < -0.4 is 3.97 Å². The van der Waals surface area contributed by atoms with Crippen molar-refractivity contribution in [3.8, 4) is 0 Å². The minimum absolute atomic E-state index is 0.350. The molecule has 0 saturated carbocycles. The zero-order chi connectivity index (χ0) is 20.8. The average Bonchev–Trinajstić information content (AvgIpc) is 2.45. The fourth-order valence-corrected chi connectivity index (χ4v) is 2.21. The van der Waals surface area contributed by atoms with Crippen molar-refractivity contribution in [1.82, 2.24) is 0 Å². The van der Waals surface area contributed by atoms with Gasteiger partial charge in [0.2, 0.25) is 0 Å². The molecule has 0 unspecified atom stereocenters. The van der Waals surface area contributed by atoms with Crippen LogP contribution in [0.1, 0.15) is 0 Å². The molecule has 0 spiro atoms. The van der Waals surface area contributed by atoms with Gasteiger partial charge in [0.1, 0.15) is 0 Å². The van der Waals surface area contributed by atoms with Crippen molar-refractivity contribution in [2.45, 2.75) is 30.1 Å². The van der Waals surface area contributed by atoms with Crippen molar-refractivity contribution in [1.29, 1.82) is 0 Å². The molecule has 0 aliphatic heterocycles. The Morgan fingerprint density at radius 1 is 0.654 bits per heavy atom. The standard InChI is InChI=1S/C10H5F11NO3S/c11-6(12,7(13,14)9(17,18)19)8(15,16)10(20,21)25-26(23,24)22-4-2-1-3-5-22/h1-5H/q+1. The lowest BCUT2D eigenvalue weighted by Crippen LogP contribution is -2.67. The van der Waals surface area contributed by atoms with Gasteiger partial charge in [0.05, 0.1) is 0 Å². The highest BCUT2D eigenvalue weighted by molar-refractivity contribution is 7.80. The number of hydrogen-bond acceptors (Lipinski definition) is 3. The molecule has 26 heavy (non-hydrogen) atoms. The third kappa shape index (κ3) is 3.43. The number of rotatable bonds is 6. The van der Waals surface area contributed by atoms with Gasteiger partial charge in [-0.15, -0.1) is 12.6 Å². The second-order valence-corrected chi connectivity index (χ2v) is 5.93. The van der Waals surface area contributed by atoms with Crippen LogP contribution in [-0.2, 0) is 14.5 Å². The Morgan fingerprint density at radius 3 is 1.46 bits per heavy atom. The molecule has 150 valence electrons. The van der Waals surface area contributed by atoms with Crippen LogP contribution >= 0.6 is 0 Å². The van der Waals surface area contributed by atoms with Gasteiger partial charge in [-0.1, -0.05) is 10.0 Å². The van der Waals surface area contributed by atoms with E-state index in [0.717, 1.165) is 18.2 Å². The van der Waals surface area contributed by atoms with E-state index in [2.05, 4.69) is 4.18 Å². The minimum atomic E-state index is -7.77. The molecule has 0 radical (unpaired) electrons. The SMILES string of the molecule is O=S(=O)(OC(F)(F)C(F)(F)C(F)(F)C(F)(F)C(F)(F)F)[n+]1ccccc1. The number of nitrogens with zero attached hydrogens (tertiary/aromatic N) is 1. The first-order valence-corrected chi connectivity index (χ1v) is 7.18. The molecule has 0 aliphatic carbocycles. The van der Waals surface area contributed by atoms with E-state index in [1.54, 1.807) is 0 Å². The molecule has 1 heterocycles. The summed E-state index contributed by atoms with van der Waals surface area (Å²) >= 11 is 0. The number of halogens is 11. The summed E-state index contributed by atoms with van der Waals surface area (Å²) in [5, 5.41) is 0. The summed E-state index contributed by atoms with van der Waals surface area (Å²) in [5.41, 5.74) is 0. The van der Waals surface area contributed by atoms with Crippen LogP contribution in [0.3, 0.4) is 0 Å². The van der Waals surface area contributed by atoms with Crippen molar-refractivity contribution >= 4 is 10.3 Å². The molecule has 0 N–H and O–H groups in total. The molecule has 0 amide bonds. The van der Waals surface area contributed by atoms with E-state index >= 15 is 0 Å². The number of aromatic nitrogens is 1. The second-order valence-electron chi connectivity index (χ2n) is 4.48. The van der Waals surface area contributed by atoms with Gasteiger partial charge in [-0.3, -0.25) is 0 Å². The van der Waals surface area contributed by atoms with E-state index in [1.165, 1.54) is 0 Å². The lowest BCUT2D eigenvalue weighted by Gasteiger charge is -2.35. The molecular weight excluding hydrogens is 423 g/mol. The van der Waals surface area contributed by atoms with Gasteiger partial charge in [0.25, 0.3) is 0 Å². The van der Waals surface area contributed by atoms with Crippen LogP contribution in [0.2, 0.25) is 0 Å². The first-order chi connectivity index (χ1) is 11.3. The van der Waals surface area contributed by atoms with Gasteiger partial charge in [0.15, 0.2) is 12.4 Å². The van der Waals surface area contributed by atoms with Gasteiger partial charge in [-0.05, 0) is 0 Å². The maximum absolute atomic E-state index is 13.3. The Hall–Kier alpha value is -1.71. The van der Waals surface area contributed by atoms with Crippen molar-refractivity contribution in [3.05, 3.63) is 30.6 Å². The van der Waals surface area contributed by atoms with Gasteiger partial charge in [-0.2, -0.15) is 48.3 Å². The smallest absolute Gasteiger partial charge is 0.192 e. The lowest BCUT2D eigenvalue weighted by atomic mass is 10.0. The van der Waals surface area contributed by atoms with Crippen LogP contribution in [-0.4, -0.2) is 38.5 Å². The molecule has 0 saturated heterocycles. The fourth-order valence-electron chi connectivity index (χ4n) is 1.32. The van der Waals surface area contributed by atoms with E-state index in [0.29, 0.717) is 12.4 Å². The molecule has 4 nitrogen and oxygen atoms in total. The Labute approximate surface area is 137 Å². The highest BCUT2D eigenvalue weighted by Crippen LogP contribution is 2.57. The lowest BCUT2D eigenvalue weighted by molar-refractivity contribution is -0.529. The first kappa shape index (κ1) is 22.3. The van der Waals surface area contributed by atoms with Crippen LogP contribution in [0.4, 0.5) is 48.3 Å². The highest BCUT2D eigenvalue weighted by atomic mass is 32.2. The van der Waals surface area contributed by atoms with E-state index < -0.39 is 40.4 Å². The molecule has 1 aromatic heterocycles. The molecule has 0 aliphatic rings. The molecule has 0 atom stereocenters. The first-order valence-electron chi connectivity index (χ1n) is 5.82. The van der Waals surface area contributed by atoms with E-state index in [9.17, 15) is 56.7 Å². The predicted molar refractivity (Wildman–Crippen MR) is 57.9 cm³/mol. The van der Waals surface area contributed by atoms with Crippen LogP contribution in [0.15, 0.2) is 30.6 Å². The Morgan fingerprint density at radius 2 is 1.08 bits per heavy atom. The quantitative estimate of drug-likeness (QED) is 0.517.